The lowest BCUT2D eigenvalue weighted by Crippen LogP contribution is -2.22. The number of carbonyl (C=O) groups is 2. The fourth-order valence-electron chi connectivity index (χ4n) is 1.81. The van der Waals surface area contributed by atoms with E-state index in [1.165, 1.54) is 23.1 Å². The normalized spacial score (nSPS) is 11.6. The second-order valence-corrected chi connectivity index (χ2v) is 8.37. The van der Waals surface area contributed by atoms with Gasteiger partial charge in [-0.05, 0) is 26.3 Å². The van der Waals surface area contributed by atoms with Crippen molar-refractivity contribution >= 4 is 56.4 Å². The molecular weight excluding hydrogens is 382 g/mol. The minimum Gasteiger partial charge on any atom is -0.462 e. The molecule has 8 nitrogen and oxygen atoms in total. The number of hydrogen-bond donors (Lipinski definition) is 2. The number of nitrogens with two attached hydrogens (primary N) is 1. The van der Waals surface area contributed by atoms with E-state index in [1.807, 2.05) is 6.07 Å². The summed E-state index contributed by atoms with van der Waals surface area (Å²) in [6, 6.07) is 2.02. The van der Waals surface area contributed by atoms with Crippen molar-refractivity contribution in [3.63, 3.8) is 0 Å². The summed E-state index contributed by atoms with van der Waals surface area (Å²) in [6.07, 6.45) is 0. The summed E-state index contributed by atoms with van der Waals surface area (Å²) in [4.78, 5) is 24.6. The van der Waals surface area contributed by atoms with E-state index in [9.17, 15) is 14.9 Å². The number of hydrogen-bond acceptors (Lipinski definition) is 10. The monoisotopic (exact) mass is 397 g/mol. The Morgan fingerprint density at radius 3 is 2.72 bits per heavy atom. The highest BCUT2D eigenvalue weighted by Crippen LogP contribution is 2.34. The van der Waals surface area contributed by atoms with Crippen molar-refractivity contribution < 1.29 is 14.3 Å². The molecule has 132 valence electrons. The molecule has 11 heteroatoms. The molecule has 1 atom stereocenters. The third-order valence-corrected chi connectivity index (χ3v) is 6.15. The van der Waals surface area contributed by atoms with Gasteiger partial charge < -0.3 is 15.8 Å². The number of carbonyl (C=O) groups excluding carboxylic acids is 2. The second-order valence-electron chi connectivity index (χ2n) is 4.75. The molecule has 0 aliphatic heterocycles. The van der Waals surface area contributed by atoms with Gasteiger partial charge in [0.1, 0.15) is 15.9 Å². The van der Waals surface area contributed by atoms with Gasteiger partial charge in [0.2, 0.25) is 11.0 Å². The zero-order chi connectivity index (χ0) is 18.6. The second kappa shape index (κ2) is 8.28. The largest absolute Gasteiger partial charge is 0.462 e. The average Bonchev–Trinajstić information content (AvgIpc) is 3.10. The number of thioether (sulfide) groups is 1. The number of anilines is 2. The lowest BCUT2D eigenvalue weighted by atomic mass is 10.2. The van der Waals surface area contributed by atoms with Gasteiger partial charge >= 0.3 is 5.97 Å². The molecule has 25 heavy (non-hydrogen) atoms. The topological polar surface area (TPSA) is 131 Å². The van der Waals surface area contributed by atoms with Crippen LogP contribution < -0.4 is 11.1 Å². The highest BCUT2D eigenvalue weighted by Gasteiger charge is 2.24. The standard InChI is InChI=1S/C14H15N5O3S3/c1-4-22-12(21)9-6(2)8(5-15)11(24-9)17-10(20)7(3)23-14-19-18-13(16)25-14/h7H,4H2,1-3H3,(H2,16,18)(H,17,20). The summed E-state index contributed by atoms with van der Waals surface area (Å²) in [6.45, 7) is 5.29. The number of rotatable bonds is 6. The minimum absolute atomic E-state index is 0.235. The van der Waals surface area contributed by atoms with Crippen LogP contribution in [0.1, 0.15) is 34.6 Å². The number of aromatic nitrogens is 2. The summed E-state index contributed by atoms with van der Waals surface area (Å²) in [5, 5.41) is 19.8. The van der Waals surface area contributed by atoms with Crippen LogP contribution in [0.25, 0.3) is 0 Å². The van der Waals surface area contributed by atoms with Crippen molar-refractivity contribution in [1.29, 1.82) is 5.26 Å². The molecule has 3 N–H and O–H groups in total. The molecule has 0 saturated heterocycles. The maximum Gasteiger partial charge on any atom is 0.348 e. The van der Waals surface area contributed by atoms with E-state index < -0.39 is 11.2 Å². The van der Waals surface area contributed by atoms with E-state index in [-0.39, 0.29) is 18.1 Å². The van der Waals surface area contributed by atoms with Crippen LogP contribution in [0.2, 0.25) is 0 Å². The van der Waals surface area contributed by atoms with Crippen LogP contribution in [0, 0.1) is 18.3 Å². The lowest BCUT2D eigenvalue weighted by Gasteiger charge is -2.09. The molecule has 1 amide bonds. The number of nitrogens with one attached hydrogen (secondary N) is 1. The highest BCUT2D eigenvalue weighted by molar-refractivity contribution is 8.02. The van der Waals surface area contributed by atoms with Gasteiger partial charge in [-0.1, -0.05) is 23.1 Å². The number of esters is 1. The van der Waals surface area contributed by atoms with Crippen LogP contribution in [-0.2, 0) is 9.53 Å². The first-order valence-electron chi connectivity index (χ1n) is 7.14. The Labute approximate surface area is 156 Å². The minimum atomic E-state index is -0.506. The quantitative estimate of drug-likeness (QED) is 0.562. The van der Waals surface area contributed by atoms with E-state index in [1.54, 1.807) is 20.8 Å². The number of amides is 1. The van der Waals surface area contributed by atoms with E-state index in [4.69, 9.17) is 10.5 Å². The van der Waals surface area contributed by atoms with Crippen LogP contribution >= 0.6 is 34.4 Å². The van der Waals surface area contributed by atoms with Gasteiger partial charge in [-0.2, -0.15) is 5.26 Å². The summed E-state index contributed by atoms with van der Waals surface area (Å²) in [5.74, 6) is -0.819. The lowest BCUT2D eigenvalue weighted by molar-refractivity contribution is -0.115. The zero-order valence-corrected chi connectivity index (χ0v) is 16.1. The first kappa shape index (κ1) is 19.2. The zero-order valence-electron chi connectivity index (χ0n) is 13.7. The number of nitriles is 1. The first-order valence-corrected chi connectivity index (χ1v) is 9.65. The predicted molar refractivity (Wildman–Crippen MR) is 98.0 cm³/mol. The van der Waals surface area contributed by atoms with Gasteiger partial charge in [0.25, 0.3) is 0 Å². The summed E-state index contributed by atoms with van der Waals surface area (Å²) < 4.78 is 5.55. The summed E-state index contributed by atoms with van der Waals surface area (Å²) in [7, 11) is 0. The molecule has 0 saturated carbocycles. The molecule has 0 aliphatic carbocycles. The fraction of sp³-hybridized carbons (Fsp3) is 0.357. The third kappa shape index (κ3) is 4.47. The van der Waals surface area contributed by atoms with Gasteiger partial charge in [-0.15, -0.1) is 21.5 Å². The molecule has 0 spiro atoms. The molecule has 2 aromatic heterocycles. The van der Waals surface area contributed by atoms with Crippen molar-refractivity contribution in [3.05, 3.63) is 16.0 Å². The molecule has 0 bridgehead atoms. The maximum absolute atomic E-state index is 12.4. The van der Waals surface area contributed by atoms with Crippen LogP contribution in [0.5, 0.6) is 0 Å². The Hall–Kier alpha value is -2.16. The number of ether oxygens (including phenoxy) is 1. The number of thiophene rings is 1. The van der Waals surface area contributed by atoms with Gasteiger partial charge in [0.05, 0.1) is 17.4 Å². The van der Waals surface area contributed by atoms with Gasteiger partial charge in [0.15, 0.2) is 4.34 Å². The Kier molecular flexibility index (Phi) is 6.35. The molecule has 2 heterocycles. The molecule has 0 radical (unpaired) electrons. The van der Waals surface area contributed by atoms with E-state index in [2.05, 4.69) is 15.5 Å². The van der Waals surface area contributed by atoms with Crippen LogP contribution in [0.3, 0.4) is 0 Å². The van der Waals surface area contributed by atoms with E-state index >= 15 is 0 Å². The molecule has 0 fully saturated rings. The number of nitrogen functional groups attached to an aromatic ring is 1. The van der Waals surface area contributed by atoms with Gasteiger partial charge in [0, 0.05) is 0 Å². The highest BCUT2D eigenvalue weighted by atomic mass is 32.2. The van der Waals surface area contributed by atoms with E-state index in [0.29, 0.717) is 24.9 Å². The van der Waals surface area contributed by atoms with Crippen LogP contribution in [0.4, 0.5) is 10.1 Å². The molecule has 0 aliphatic rings. The SMILES string of the molecule is CCOC(=O)c1sc(NC(=O)C(C)Sc2nnc(N)s2)c(C#N)c1C. The molecular formula is C14H15N5O3S3. The number of nitrogens with zero attached hydrogens (tertiary/aromatic N) is 3. The molecule has 1 unspecified atom stereocenters. The first-order chi connectivity index (χ1) is 11.9. The Balaban J connectivity index is 2.15. The Morgan fingerprint density at radius 2 is 2.16 bits per heavy atom. The van der Waals surface area contributed by atoms with Crippen LogP contribution in [0.15, 0.2) is 4.34 Å². The Bertz CT molecular complexity index is 839. The molecule has 2 rings (SSSR count). The van der Waals surface area contributed by atoms with Gasteiger partial charge in [-0.25, -0.2) is 4.79 Å². The van der Waals surface area contributed by atoms with E-state index in [0.717, 1.165) is 11.3 Å². The van der Waals surface area contributed by atoms with Crippen molar-refractivity contribution in [2.45, 2.75) is 30.4 Å². The van der Waals surface area contributed by atoms with Crippen molar-refractivity contribution in [2.24, 2.45) is 0 Å². The smallest absolute Gasteiger partial charge is 0.348 e. The predicted octanol–water partition coefficient (Wildman–Crippen LogP) is 2.66. The molecule has 0 aromatic carbocycles. The van der Waals surface area contributed by atoms with Crippen molar-refractivity contribution in [1.82, 2.24) is 10.2 Å². The maximum atomic E-state index is 12.4. The van der Waals surface area contributed by atoms with Crippen molar-refractivity contribution in [3.8, 4) is 6.07 Å². The van der Waals surface area contributed by atoms with Crippen molar-refractivity contribution in [2.75, 3.05) is 17.7 Å². The van der Waals surface area contributed by atoms with Gasteiger partial charge in [-0.3, -0.25) is 4.79 Å². The molecule has 2 aromatic rings. The third-order valence-electron chi connectivity index (χ3n) is 3.03. The summed E-state index contributed by atoms with van der Waals surface area (Å²) in [5.41, 5.74) is 6.28. The van der Waals surface area contributed by atoms with Crippen LogP contribution in [-0.4, -0.2) is 33.9 Å². The summed E-state index contributed by atoms with van der Waals surface area (Å²) >= 11 is 3.44. The fourth-order valence-corrected chi connectivity index (χ4v) is 4.65. The Morgan fingerprint density at radius 1 is 1.44 bits per heavy atom. The average molecular weight is 398 g/mol.